The molecule has 1 fully saturated rings. The van der Waals surface area contributed by atoms with Crippen molar-refractivity contribution in [3.8, 4) is 0 Å². The van der Waals surface area contributed by atoms with Crippen LogP contribution in [0.5, 0.6) is 0 Å². The molecule has 1 atom stereocenters. The molecule has 104 valence electrons. The van der Waals surface area contributed by atoms with Gasteiger partial charge in [0.05, 0.1) is 5.02 Å². The number of rotatable bonds is 3. The predicted molar refractivity (Wildman–Crippen MR) is 83.2 cm³/mol. The van der Waals surface area contributed by atoms with Crippen LogP contribution in [0, 0.1) is 0 Å². The molecule has 1 aliphatic rings. The smallest absolute Gasteiger partial charge is 0.147 e. The molecule has 0 spiro atoms. The third kappa shape index (κ3) is 2.65. The Morgan fingerprint density at radius 3 is 2.80 bits per heavy atom. The zero-order chi connectivity index (χ0) is 13.9. The van der Waals surface area contributed by atoms with Crippen LogP contribution in [0.1, 0.15) is 23.5 Å². The first kappa shape index (κ1) is 13.4. The molecule has 1 aliphatic heterocycles. The summed E-state index contributed by atoms with van der Waals surface area (Å²) < 4.78 is 0. The molecular formula is C16H18ClN3. The first-order chi connectivity index (χ1) is 9.78. The lowest BCUT2D eigenvalue weighted by Gasteiger charge is -2.19. The zero-order valence-corrected chi connectivity index (χ0v) is 12.1. The van der Waals surface area contributed by atoms with Crippen LogP contribution in [-0.4, -0.2) is 18.1 Å². The van der Waals surface area contributed by atoms with Crippen molar-refractivity contribution in [1.82, 2.24) is 4.98 Å². The highest BCUT2D eigenvalue weighted by Crippen LogP contribution is 2.33. The summed E-state index contributed by atoms with van der Waals surface area (Å²) in [5, 5.41) is 0.696. The highest BCUT2D eigenvalue weighted by Gasteiger charge is 2.25. The minimum Gasteiger partial charge on any atom is -0.355 e. The first-order valence-corrected chi connectivity index (χ1v) is 7.30. The van der Waals surface area contributed by atoms with E-state index in [4.69, 9.17) is 17.3 Å². The Bertz CT molecular complexity index is 586. The van der Waals surface area contributed by atoms with Gasteiger partial charge in [-0.15, -0.1) is 0 Å². The third-order valence-corrected chi connectivity index (χ3v) is 4.15. The molecule has 1 aromatic carbocycles. The average molecular weight is 288 g/mol. The monoisotopic (exact) mass is 287 g/mol. The second-order valence-electron chi connectivity index (χ2n) is 5.20. The quantitative estimate of drug-likeness (QED) is 0.943. The number of pyridine rings is 1. The molecule has 3 nitrogen and oxygen atoms in total. The fraction of sp³-hybridized carbons (Fsp3) is 0.312. The summed E-state index contributed by atoms with van der Waals surface area (Å²) >= 11 is 6.32. The van der Waals surface area contributed by atoms with Gasteiger partial charge in [0.15, 0.2) is 0 Å². The molecule has 1 unspecified atom stereocenters. The molecule has 0 amide bonds. The second-order valence-corrected chi connectivity index (χ2v) is 5.60. The highest BCUT2D eigenvalue weighted by atomic mass is 35.5. The summed E-state index contributed by atoms with van der Waals surface area (Å²) in [6.07, 6.45) is 2.96. The summed E-state index contributed by atoms with van der Waals surface area (Å²) in [7, 11) is 0. The molecule has 1 saturated heterocycles. The number of nitrogens with two attached hydrogens (primary N) is 1. The summed E-state index contributed by atoms with van der Waals surface area (Å²) in [5.41, 5.74) is 7.97. The Hall–Kier alpha value is -1.58. The van der Waals surface area contributed by atoms with Crippen molar-refractivity contribution < 1.29 is 0 Å². The molecule has 4 heteroatoms. The first-order valence-electron chi connectivity index (χ1n) is 6.92. The molecule has 20 heavy (non-hydrogen) atoms. The van der Waals surface area contributed by atoms with Crippen LogP contribution in [0.25, 0.3) is 0 Å². The Kier molecular flexibility index (Phi) is 3.90. The predicted octanol–water partition coefficient (Wildman–Crippen LogP) is 3.19. The van der Waals surface area contributed by atoms with Gasteiger partial charge >= 0.3 is 0 Å². The lowest BCUT2D eigenvalue weighted by Crippen LogP contribution is -2.21. The number of nitrogens with zero attached hydrogens (tertiary/aromatic N) is 2. The number of benzene rings is 1. The van der Waals surface area contributed by atoms with Gasteiger partial charge in [-0.1, -0.05) is 41.9 Å². The van der Waals surface area contributed by atoms with Gasteiger partial charge < -0.3 is 10.6 Å². The Balaban J connectivity index is 1.77. The molecule has 0 aliphatic carbocycles. The van der Waals surface area contributed by atoms with E-state index in [1.54, 1.807) is 0 Å². The van der Waals surface area contributed by atoms with Gasteiger partial charge in [-0.3, -0.25) is 0 Å². The summed E-state index contributed by atoms with van der Waals surface area (Å²) in [5.74, 6) is 1.44. The Morgan fingerprint density at radius 2 is 2.10 bits per heavy atom. The zero-order valence-electron chi connectivity index (χ0n) is 11.3. The summed E-state index contributed by atoms with van der Waals surface area (Å²) in [6.45, 7) is 2.44. The molecule has 2 heterocycles. The van der Waals surface area contributed by atoms with E-state index in [0.717, 1.165) is 30.9 Å². The van der Waals surface area contributed by atoms with E-state index in [2.05, 4.69) is 40.2 Å². The minimum absolute atomic E-state index is 0.472. The molecule has 0 saturated carbocycles. The van der Waals surface area contributed by atoms with Gasteiger partial charge in [0.1, 0.15) is 5.82 Å². The Morgan fingerprint density at radius 1 is 1.30 bits per heavy atom. The fourth-order valence-electron chi connectivity index (χ4n) is 2.76. The molecule has 3 rings (SSSR count). The van der Waals surface area contributed by atoms with Gasteiger partial charge in [-0.25, -0.2) is 4.98 Å². The molecular weight excluding hydrogens is 270 g/mol. The molecule has 0 radical (unpaired) electrons. The van der Waals surface area contributed by atoms with Crippen LogP contribution in [0.2, 0.25) is 5.02 Å². The standard InChI is InChI=1S/C16H18ClN3/c17-15-8-12(9-18)10-19-16(15)20-7-6-14(11-20)13-4-2-1-3-5-13/h1-5,8,10,14H,6-7,9,11,18H2. The SMILES string of the molecule is NCc1cnc(N2CCC(c3ccccc3)C2)c(Cl)c1. The second kappa shape index (κ2) is 5.81. The maximum absolute atomic E-state index is 6.32. The summed E-state index contributed by atoms with van der Waals surface area (Å²) in [4.78, 5) is 6.74. The molecule has 1 aromatic heterocycles. The Labute approximate surface area is 124 Å². The van der Waals surface area contributed by atoms with Crippen LogP contribution >= 0.6 is 11.6 Å². The van der Waals surface area contributed by atoms with Crippen molar-refractivity contribution in [2.75, 3.05) is 18.0 Å². The van der Waals surface area contributed by atoms with E-state index in [9.17, 15) is 0 Å². The summed E-state index contributed by atoms with van der Waals surface area (Å²) in [6, 6.07) is 12.6. The number of anilines is 1. The molecule has 2 N–H and O–H groups in total. The fourth-order valence-corrected chi connectivity index (χ4v) is 3.07. The van der Waals surface area contributed by atoms with Gasteiger partial charge in [0, 0.05) is 31.7 Å². The van der Waals surface area contributed by atoms with E-state index < -0.39 is 0 Å². The van der Waals surface area contributed by atoms with Gasteiger partial charge in [-0.2, -0.15) is 0 Å². The van der Waals surface area contributed by atoms with Crippen molar-refractivity contribution in [1.29, 1.82) is 0 Å². The third-order valence-electron chi connectivity index (χ3n) is 3.87. The van der Waals surface area contributed by atoms with E-state index in [0.29, 0.717) is 17.5 Å². The van der Waals surface area contributed by atoms with Crippen molar-refractivity contribution in [2.24, 2.45) is 5.73 Å². The van der Waals surface area contributed by atoms with Crippen molar-refractivity contribution in [3.05, 3.63) is 58.7 Å². The number of halogens is 1. The van der Waals surface area contributed by atoms with E-state index in [1.807, 2.05) is 12.3 Å². The van der Waals surface area contributed by atoms with Crippen molar-refractivity contribution in [2.45, 2.75) is 18.9 Å². The van der Waals surface area contributed by atoms with Crippen molar-refractivity contribution >= 4 is 17.4 Å². The highest BCUT2D eigenvalue weighted by molar-refractivity contribution is 6.33. The van der Waals surface area contributed by atoms with E-state index >= 15 is 0 Å². The lowest BCUT2D eigenvalue weighted by atomic mass is 9.99. The number of hydrogen-bond donors (Lipinski definition) is 1. The maximum Gasteiger partial charge on any atom is 0.147 e. The normalized spacial score (nSPS) is 18.5. The van der Waals surface area contributed by atoms with Crippen molar-refractivity contribution in [3.63, 3.8) is 0 Å². The molecule has 2 aromatic rings. The topological polar surface area (TPSA) is 42.1 Å². The largest absolute Gasteiger partial charge is 0.355 e. The van der Waals surface area contributed by atoms with Crippen LogP contribution in [0.15, 0.2) is 42.6 Å². The maximum atomic E-state index is 6.32. The van der Waals surface area contributed by atoms with Crippen LogP contribution < -0.4 is 10.6 Å². The van der Waals surface area contributed by atoms with Crippen LogP contribution in [-0.2, 0) is 6.54 Å². The van der Waals surface area contributed by atoms with Gasteiger partial charge in [0.2, 0.25) is 0 Å². The lowest BCUT2D eigenvalue weighted by molar-refractivity contribution is 0.774. The number of hydrogen-bond acceptors (Lipinski definition) is 3. The van der Waals surface area contributed by atoms with E-state index in [-0.39, 0.29) is 0 Å². The minimum atomic E-state index is 0.472. The van der Waals surface area contributed by atoms with Gasteiger partial charge in [0.25, 0.3) is 0 Å². The average Bonchev–Trinajstić information content (AvgIpc) is 2.97. The van der Waals surface area contributed by atoms with Gasteiger partial charge in [-0.05, 0) is 23.6 Å². The van der Waals surface area contributed by atoms with Crippen LogP contribution in [0.4, 0.5) is 5.82 Å². The molecule has 0 bridgehead atoms. The van der Waals surface area contributed by atoms with E-state index in [1.165, 1.54) is 5.56 Å². The number of aromatic nitrogens is 1. The van der Waals surface area contributed by atoms with Crippen LogP contribution in [0.3, 0.4) is 0 Å².